The van der Waals surface area contributed by atoms with E-state index in [0.717, 1.165) is 68.7 Å². The first-order valence-electron chi connectivity index (χ1n) is 25.8. The number of Topliss-reactive ketones (excluding diaryl/α,β-unsaturated/α-hetero) is 2. The number of ether oxygens (including phenoxy) is 3. The van der Waals surface area contributed by atoms with E-state index in [-0.39, 0.29) is 65.8 Å². The van der Waals surface area contributed by atoms with Gasteiger partial charge in [0, 0.05) is 110 Å². The van der Waals surface area contributed by atoms with Gasteiger partial charge in [-0.2, -0.15) is 0 Å². The number of hydrogen-bond acceptors (Lipinski definition) is 13. The molecule has 18 heteroatoms. The molecule has 1 N–H and O–H groups in total. The van der Waals surface area contributed by atoms with E-state index in [4.69, 9.17) is 14.2 Å². The Kier molecular flexibility index (Phi) is 21.3. The van der Waals surface area contributed by atoms with E-state index in [1.807, 2.05) is 64.2 Å². The summed E-state index contributed by atoms with van der Waals surface area (Å²) < 4.78 is 71.2. The predicted octanol–water partition coefficient (Wildman–Crippen LogP) is 8.29. The Balaban J connectivity index is 0.000000282. The van der Waals surface area contributed by atoms with Crippen LogP contribution in [0, 0.1) is 27.7 Å². The van der Waals surface area contributed by atoms with Crippen molar-refractivity contribution < 1.29 is 45.4 Å². The average Bonchev–Trinajstić information content (AvgIpc) is 3.36. The van der Waals surface area contributed by atoms with E-state index >= 15 is 0 Å². The molecule has 0 spiro atoms. The van der Waals surface area contributed by atoms with Crippen LogP contribution in [-0.4, -0.2) is 147 Å². The number of piperidine rings is 2. The molecule has 0 aliphatic carbocycles. The molecule has 75 heavy (non-hydrogen) atoms. The first-order valence-corrected chi connectivity index (χ1v) is 28.7. The van der Waals surface area contributed by atoms with Crippen molar-refractivity contribution in [3.8, 4) is 11.5 Å². The molecule has 2 aliphatic heterocycles. The number of carbonyl (C=O) groups excluding carboxylic acids is 3. The van der Waals surface area contributed by atoms with Gasteiger partial charge >= 0.3 is 6.09 Å². The number of aryl methyl sites for hydroxylation is 4. The number of amides is 1. The number of nitrogens with one attached hydrogen (secondary N) is 1. The lowest BCUT2D eigenvalue weighted by Crippen LogP contribution is -2.47. The molecule has 4 aromatic carbocycles. The van der Waals surface area contributed by atoms with Gasteiger partial charge in [0.2, 0.25) is 20.0 Å². The molecule has 0 radical (unpaired) electrons. The summed E-state index contributed by atoms with van der Waals surface area (Å²) in [6.45, 7) is 16.6. The molecular weight excluding hydrogens is 993 g/mol. The van der Waals surface area contributed by atoms with E-state index in [0.29, 0.717) is 46.2 Å². The maximum Gasteiger partial charge on any atom is 0.410 e. The molecular formula is C57H82N6O10S2. The largest absolute Gasteiger partial charge is 0.497 e. The predicted molar refractivity (Wildman–Crippen MR) is 298 cm³/mol. The minimum absolute atomic E-state index is 0.0195. The third-order valence-electron chi connectivity index (χ3n) is 14.1. The molecule has 1 amide bonds. The summed E-state index contributed by atoms with van der Waals surface area (Å²) in [5.74, 6) is 1.24. The lowest BCUT2D eigenvalue weighted by molar-refractivity contribution is -0.119. The average molecular weight is 1080 g/mol. The fourth-order valence-corrected chi connectivity index (χ4v) is 12.8. The third-order valence-corrected chi connectivity index (χ3v) is 18.4. The summed E-state index contributed by atoms with van der Waals surface area (Å²) in [6.07, 6.45) is 4.51. The van der Waals surface area contributed by atoms with Crippen molar-refractivity contribution in [2.24, 2.45) is 0 Å². The first kappa shape index (κ1) is 60.3. The van der Waals surface area contributed by atoms with Gasteiger partial charge in [0.1, 0.15) is 28.7 Å². The monoisotopic (exact) mass is 1070 g/mol. The summed E-state index contributed by atoms with van der Waals surface area (Å²) >= 11 is 0. The number of anilines is 2. The molecule has 0 aromatic heterocycles. The van der Waals surface area contributed by atoms with E-state index in [1.54, 1.807) is 78.1 Å². The smallest absolute Gasteiger partial charge is 0.410 e. The van der Waals surface area contributed by atoms with Crippen LogP contribution in [0.5, 0.6) is 11.5 Å². The summed E-state index contributed by atoms with van der Waals surface area (Å²) in [7, 11) is 2.51. The van der Waals surface area contributed by atoms with Crippen molar-refractivity contribution in [3.63, 3.8) is 0 Å². The number of carbonyl (C=O) groups is 3. The maximum absolute atomic E-state index is 13.2. The fourth-order valence-electron chi connectivity index (χ4n) is 9.69. The Bertz CT molecular complexity index is 2750. The zero-order valence-corrected chi connectivity index (χ0v) is 48.3. The van der Waals surface area contributed by atoms with Crippen LogP contribution in [-0.2, 0) is 47.2 Å². The quantitative estimate of drug-likeness (QED) is 0.0896. The molecule has 0 saturated carbocycles. The number of sulfonamides is 2. The zero-order chi connectivity index (χ0) is 55.4. The highest BCUT2D eigenvalue weighted by Crippen LogP contribution is 2.30. The van der Waals surface area contributed by atoms with Crippen molar-refractivity contribution in [2.45, 2.75) is 127 Å². The maximum atomic E-state index is 13.2. The summed E-state index contributed by atoms with van der Waals surface area (Å²) in [6, 6.07) is 23.7. The van der Waals surface area contributed by atoms with Crippen LogP contribution in [0.2, 0.25) is 0 Å². The summed E-state index contributed by atoms with van der Waals surface area (Å²) in [5, 5.41) is 3.34. The molecule has 0 atom stereocenters. The van der Waals surface area contributed by atoms with E-state index in [2.05, 4.69) is 27.2 Å². The number of ketones is 2. The molecule has 6 rings (SSSR count). The molecule has 4 aromatic rings. The number of methoxy groups -OCH3 is 2. The molecule has 0 bridgehead atoms. The van der Waals surface area contributed by atoms with Gasteiger partial charge in [0.05, 0.1) is 24.0 Å². The van der Waals surface area contributed by atoms with Crippen molar-refractivity contribution in [2.75, 3.05) is 91.5 Å². The number of benzene rings is 4. The van der Waals surface area contributed by atoms with E-state index in [9.17, 15) is 31.2 Å². The minimum Gasteiger partial charge on any atom is -0.497 e. The Morgan fingerprint density at radius 3 is 1.27 bits per heavy atom. The third kappa shape index (κ3) is 16.5. The second-order valence-electron chi connectivity index (χ2n) is 21.0. The van der Waals surface area contributed by atoms with Gasteiger partial charge in [-0.3, -0.25) is 9.59 Å². The van der Waals surface area contributed by atoms with Gasteiger partial charge in [0.25, 0.3) is 0 Å². The van der Waals surface area contributed by atoms with Crippen molar-refractivity contribution in [1.82, 2.24) is 18.8 Å². The fraction of sp³-hybridized carbons (Fsp3) is 0.526. The van der Waals surface area contributed by atoms with Crippen LogP contribution >= 0.6 is 0 Å². The standard InChI is InChI=1S/C31H45N3O6S.C26H37N3O4S/c1-22-19-28(39-8)20-23(2)29(22)41(37,38)32(6)16-15-27(35)21-24-9-11-26(12-10-24)34-17-13-25(14-18-34)33(7)30(36)40-31(3,4)5;1-19-16-25(33-5)17-20(2)26(19)34(31,32)28(4)13-12-24(30)18-21-6-8-23(9-7-21)29-14-10-22(27-3)11-15-29/h9-12,19-20,25H,13-18,21H2,1-8H3;6-9,16-17,22,27H,10-15,18H2,1-5H3. The number of hydrogen-bond donors (Lipinski definition) is 1. The molecule has 412 valence electrons. The highest BCUT2D eigenvalue weighted by Gasteiger charge is 2.30. The number of nitrogens with zero attached hydrogens (tertiary/aromatic N) is 5. The lowest BCUT2D eigenvalue weighted by Gasteiger charge is -2.38. The van der Waals surface area contributed by atoms with Crippen molar-refractivity contribution in [3.05, 3.63) is 106 Å². The number of rotatable bonds is 20. The van der Waals surface area contributed by atoms with Gasteiger partial charge in [-0.05, 0) is 163 Å². The Morgan fingerprint density at radius 1 is 0.600 bits per heavy atom. The van der Waals surface area contributed by atoms with Gasteiger partial charge in [-0.15, -0.1) is 0 Å². The summed E-state index contributed by atoms with van der Waals surface area (Å²) in [5.41, 5.74) is 6.07. The van der Waals surface area contributed by atoms with Gasteiger partial charge in [-0.1, -0.05) is 24.3 Å². The van der Waals surface area contributed by atoms with Crippen molar-refractivity contribution >= 4 is 49.1 Å². The van der Waals surface area contributed by atoms with Gasteiger partial charge in [0.15, 0.2) is 0 Å². The zero-order valence-electron chi connectivity index (χ0n) is 46.6. The lowest BCUT2D eigenvalue weighted by atomic mass is 10.0. The molecule has 2 fully saturated rings. The second kappa shape index (κ2) is 26.5. The molecule has 2 aliphatic rings. The normalized spacial score (nSPS) is 14.9. The molecule has 2 heterocycles. The van der Waals surface area contributed by atoms with Crippen LogP contribution in [0.1, 0.15) is 92.7 Å². The van der Waals surface area contributed by atoms with Crippen LogP contribution < -0.4 is 24.6 Å². The van der Waals surface area contributed by atoms with Crippen LogP contribution in [0.25, 0.3) is 0 Å². The van der Waals surface area contributed by atoms with Gasteiger partial charge < -0.3 is 34.2 Å². The minimum atomic E-state index is -3.74. The van der Waals surface area contributed by atoms with Crippen molar-refractivity contribution in [1.29, 1.82) is 0 Å². The Labute approximate surface area is 447 Å². The van der Waals surface area contributed by atoms with Crippen LogP contribution in [0.4, 0.5) is 16.2 Å². The molecule has 2 saturated heterocycles. The SMILES string of the molecule is CNC1CCN(c2ccc(CC(=O)CCN(C)S(=O)(=O)c3c(C)cc(OC)cc3C)cc2)CC1.COc1cc(C)c(S(=O)(=O)N(C)CCC(=O)Cc2ccc(N3CCC(N(C)C(=O)OC(C)(C)C)CC3)cc2)c(C)c1. The van der Waals surface area contributed by atoms with Crippen LogP contribution in [0.15, 0.2) is 82.6 Å². The summed E-state index contributed by atoms with van der Waals surface area (Å²) in [4.78, 5) is 44.6. The molecule has 0 unspecified atom stereocenters. The highest BCUT2D eigenvalue weighted by atomic mass is 32.2. The van der Waals surface area contributed by atoms with E-state index < -0.39 is 25.6 Å². The Morgan fingerprint density at radius 2 is 0.947 bits per heavy atom. The van der Waals surface area contributed by atoms with E-state index in [1.165, 1.54) is 28.4 Å². The highest BCUT2D eigenvalue weighted by molar-refractivity contribution is 7.89. The molecule has 16 nitrogen and oxygen atoms in total. The topological polar surface area (TPSA) is 175 Å². The first-order chi connectivity index (χ1) is 35.3. The van der Waals surface area contributed by atoms with Crippen LogP contribution in [0.3, 0.4) is 0 Å². The van der Waals surface area contributed by atoms with Gasteiger partial charge in [-0.25, -0.2) is 30.2 Å². The second-order valence-corrected chi connectivity index (χ2v) is 24.9. The Hall–Kier alpha value is -5.53.